The number of nitrogens with two attached hydrogens (primary N) is 1. The molecule has 15 nitrogen and oxygen atoms in total. The molecule has 1 aliphatic carbocycles. The Morgan fingerprint density at radius 3 is 2.52 bits per heavy atom. The normalized spacial score (nSPS) is 19.8. The lowest BCUT2D eigenvalue weighted by atomic mass is 9.91. The van der Waals surface area contributed by atoms with Crippen molar-refractivity contribution in [3.05, 3.63) is 95.1 Å². The summed E-state index contributed by atoms with van der Waals surface area (Å²) in [5.41, 5.74) is 12.9. The van der Waals surface area contributed by atoms with Gasteiger partial charge in [-0.05, 0) is 68.7 Å². The van der Waals surface area contributed by atoms with Gasteiger partial charge >= 0.3 is 0 Å². The lowest BCUT2D eigenvalue weighted by molar-refractivity contribution is -0.141. The first-order chi connectivity index (χ1) is 31.5. The summed E-state index contributed by atoms with van der Waals surface area (Å²) in [5.74, 6) is 7.37. The zero-order valence-electron chi connectivity index (χ0n) is 37.1. The van der Waals surface area contributed by atoms with E-state index in [4.69, 9.17) is 19.7 Å². The lowest BCUT2D eigenvalue weighted by Crippen LogP contribution is -2.48. The van der Waals surface area contributed by atoms with Gasteiger partial charge in [0.05, 0.1) is 51.7 Å². The van der Waals surface area contributed by atoms with Gasteiger partial charge in [-0.3, -0.25) is 14.0 Å². The molecule has 0 bridgehead atoms. The van der Waals surface area contributed by atoms with Gasteiger partial charge in [-0.1, -0.05) is 67.2 Å². The highest BCUT2D eigenvalue weighted by Gasteiger charge is 2.41. The van der Waals surface area contributed by atoms with Gasteiger partial charge in [0, 0.05) is 56.5 Å². The topological polar surface area (TPSA) is 186 Å². The van der Waals surface area contributed by atoms with E-state index in [2.05, 4.69) is 54.3 Å². The van der Waals surface area contributed by atoms with Gasteiger partial charge in [0.2, 0.25) is 17.6 Å². The third-order valence-corrected chi connectivity index (χ3v) is 13.8. The highest BCUT2D eigenvalue weighted by Crippen LogP contribution is 2.35. The third kappa shape index (κ3) is 9.59. The molecule has 2 aliphatic heterocycles. The van der Waals surface area contributed by atoms with Crippen molar-refractivity contribution in [2.75, 3.05) is 36.9 Å². The van der Waals surface area contributed by atoms with Crippen LogP contribution in [0.2, 0.25) is 0 Å². The molecule has 0 spiro atoms. The zero-order valence-corrected chi connectivity index (χ0v) is 38.0. The number of fused-ring (bicyclic) bond motifs is 1. The molecule has 6 aromatic rings. The summed E-state index contributed by atoms with van der Waals surface area (Å²) in [6, 6.07) is 16.4. The second-order valence-corrected chi connectivity index (χ2v) is 18.5. The van der Waals surface area contributed by atoms with E-state index in [0.717, 1.165) is 72.7 Å². The summed E-state index contributed by atoms with van der Waals surface area (Å²) in [6.45, 7) is 10.3. The molecule has 4 N–H and O–H groups in total. The number of para-hydroxylation sites is 1. The van der Waals surface area contributed by atoms with Crippen molar-refractivity contribution < 1.29 is 28.7 Å². The monoisotopic (exact) mass is 897 g/mol. The van der Waals surface area contributed by atoms with Gasteiger partial charge in [0.15, 0.2) is 11.6 Å². The number of phenolic OH excluding ortho intramolecular Hbond substituents is 1. The van der Waals surface area contributed by atoms with Crippen LogP contribution < -0.4 is 16.0 Å². The van der Waals surface area contributed by atoms with Crippen molar-refractivity contribution in [1.82, 2.24) is 34.7 Å². The van der Waals surface area contributed by atoms with Gasteiger partial charge < -0.3 is 40.0 Å². The predicted molar refractivity (Wildman–Crippen MR) is 248 cm³/mol. The summed E-state index contributed by atoms with van der Waals surface area (Å²) >= 11 is 1.61. The number of rotatable bonds is 13. The molecule has 1 unspecified atom stereocenters. The Morgan fingerprint density at radius 1 is 1.00 bits per heavy atom. The van der Waals surface area contributed by atoms with Gasteiger partial charge in [-0.25, -0.2) is 9.97 Å². The summed E-state index contributed by atoms with van der Waals surface area (Å²) in [6.07, 6.45) is 8.67. The van der Waals surface area contributed by atoms with Gasteiger partial charge in [0.25, 0.3) is 0 Å². The molecular weight excluding hydrogens is 843 g/mol. The van der Waals surface area contributed by atoms with Gasteiger partial charge in [-0.15, -0.1) is 11.3 Å². The fourth-order valence-electron chi connectivity index (χ4n) is 9.09. The highest BCUT2D eigenvalue weighted by atomic mass is 32.1. The zero-order chi connectivity index (χ0) is 45.2. The smallest absolute Gasteiger partial charge is 0.243 e. The van der Waals surface area contributed by atoms with Crippen molar-refractivity contribution in [2.24, 2.45) is 5.92 Å². The number of aryl methyl sites for hydroxylation is 1. The highest BCUT2D eigenvalue weighted by molar-refractivity contribution is 7.13. The number of nitrogens with zero attached hydrogens (tertiary/aromatic N) is 7. The van der Waals surface area contributed by atoms with Crippen molar-refractivity contribution in [2.45, 2.75) is 103 Å². The van der Waals surface area contributed by atoms with Crippen LogP contribution in [0.25, 0.3) is 27.5 Å². The largest absolute Gasteiger partial charge is 0.507 e. The summed E-state index contributed by atoms with van der Waals surface area (Å²) in [4.78, 5) is 46.3. The van der Waals surface area contributed by atoms with Crippen LogP contribution in [0.1, 0.15) is 93.8 Å². The van der Waals surface area contributed by atoms with Crippen LogP contribution in [0.3, 0.4) is 0 Å². The number of piperidine rings is 1. The molecule has 65 heavy (non-hydrogen) atoms. The number of thiazole rings is 1. The minimum atomic E-state index is -0.557. The van der Waals surface area contributed by atoms with Crippen LogP contribution in [0, 0.1) is 24.7 Å². The molecule has 2 aromatic carbocycles. The average molecular weight is 898 g/mol. The van der Waals surface area contributed by atoms with Crippen molar-refractivity contribution in [3.63, 3.8) is 0 Å². The first-order valence-corrected chi connectivity index (χ1v) is 23.4. The predicted octanol–water partition coefficient (Wildman–Crippen LogP) is 7.30. The van der Waals surface area contributed by atoms with Gasteiger partial charge in [0.1, 0.15) is 30.1 Å². The number of aromatic hydroxyl groups is 1. The van der Waals surface area contributed by atoms with E-state index >= 15 is 0 Å². The number of imidazole rings is 1. The molecule has 3 fully saturated rings. The van der Waals surface area contributed by atoms with Crippen LogP contribution in [0.15, 0.2) is 77.0 Å². The molecule has 3 aliphatic rings. The maximum Gasteiger partial charge on any atom is 0.243 e. The number of benzene rings is 2. The van der Waals surface area contributed by atoms with E-state index < -0.39 is 12.0 Å². The number of anilines is 2. The molecule has 16 heteroatoms. The number of carbonyl (C=O) groups is 2. The van der Waals surface area contributed by atoms with E-state index in [0.29, 0.717) is 41.3 Å². The molecule has 1 saturated carbocycles. The Morgan fingerprint density at radius 2 is 1.78 bits per heavy atom. The average Bonchev–Trinajstić information content (AvgIpc) is 4.12. The molecule has 6 heterocycles. The molecule has 3 atom stereocenters. The van der Waals surface area contributed by atoms with Crippen molar-refractivity contribution in [1.29, 1.82) is 0 Å². The second kappa shape index (κ2) is 19.1. The van der Waals surface area contributed by atoms with Crippen LogP contribution in [-0.2, 0) is 19.1 Å². The standard InChI is InChI=1S/C49H55N9O6S/c1-29(2)44(48(61)58-19-7-11-40(58)47(60)52-30(3)32-13-15-33(16-14-32)45-31(4)51-28-65-45)42-25-43(55-64-42)56-20-17-35(18-21-56)63-37-23-36(24-37)62-22-8-9-34-26-57-27-39(53-49(57)54-46(34)50)38-10-5-6-12-41(38)59/h5-6,10,12-16,25-30,35-37,40,44,59H,7,11,17-24H2,1-4H3,(H,52,60)(H2,50,53,54)/t30-,36?,37?,40-,44?/m0/s1. The Kier molecular flexibility index (Phi) is 12.9. The first-order valence-electron chi connectivity index (χ1n) is 22.5. The summed E-state index contributed by atoms with van der Waals surface area (Å²) < 4.78 is 20.1. The van der Waals surface area contributed by atoms with Crippen LogP contribution in [0.4, 0.5) is 11.6 Å². The van der Waals surface area contributed by atoms with E-state index in [-0.39, 0.29) is 60.3 Å². The number of hydrogen-bond donors (Lipinski definition) is 3. The maximum absolute atomic E-state index is 14.2. The third-order valence-electron chi connectivity index (χ3n) is 12.8. The number of aromatic nitrogens is 5. The first kappa shape index (κ1) is 43.9. The van der Waals surface area contributed by atoms with E-state index in [1.54, 1.807) is 51.2 Å². The van der Waals surface area contributed by atoms with E-state index in [9.17, 15) is 14.7 Å². The summed E-state index contributed by atoms with van der Waals surface area (Å²) in [7, 11) is 0. The molecule has 338 valence electrons. The SMILES string of the molecule is Cc1ncsc1-c1ccc([C@H](C)NC(=O)[C@@H]2CCCN2C(=O)C(c2cc(N3CCC(OC4CC(OCC#Cc5cn6cc(-c7ccccc7O)nc6nc5N)C4)CC3)no2)C(C)C)cc1. The fourth-order valence-corrected chi connectivity index (χ4v) is 9.90. The minimum absolute atomic E-state index is 0.0608. The number of amides is 2. The van der Waals surface area contributed by atoms with E-state index in [1.165, 1.54) is 0 Å². The van der Waals surface area contributed by atoms with Gasteiger partial charge in [-0.2, -0.15) is 4.98 Å². The Labute approximate surface area is 382 Å². The minimum Gasteiger partial charge on any atom is -0.507 e. The van der Waals surface area contributed by atoms with Crippen molar-refractivity contribution in [3.8, 4) is 39.3 Å². The number of likely N-dealkylation sites (tertiary alicyclic amines) is 1. The quantitative estimate of drug-likeness (QED) is 0.0985. The molecular formula is C49H55N9O6S. The molecule has 4 aromatic heterocycles. The summed E-state index contributed by atoms with van der Waals surface area (Å²) in [5, 5.41) is 17.8. The lowest BCUT2D eigenvalue weighted by Gasteiger charge is -2.39. The Bertz CT molecular complexity index is 2700. The van der Waals surface area contributed by atoms with Crippen LogP contribution >= 0.6 is 11.3 Å². The molecule has 0 radical (unpaired) electrons. The molecule has 9 rings (SSSR count). The van der Waals surface area contributed by atoms with E-state index in [1.807, 2.05) is 57.5 Å². The number of phenols is 1. The number of carbonyl (C=O) groups excluding carboxylic acids is 2. The molecule has 2 saturated heterocycles. The Hall–Kier alpha value is -6.28. The fraction of sp³-hybridized carbons (Fsp3) is 0.429. The Balaban J connectivity index is 0.718. The number of nitrogen functional groups attached to an aromatic ring is 1. The maximum atomic E-state index is 14.2. The van der Waals surface area contributed by atoms with Crippen LogP contribution in [0.5, 0.6) is 5.75 Å². The van der Waals surface area contributed by atoms with Crippen molar-refractivity contribution >= 4 is 40.6 Å². The molecule has 2 amide bonds. The second-order valence-electron chi connectivity index (χ2n) is 17.7. The van der Waals surface area contributed by atoms with Crippen LogP contribution in [-0.4, -0.2) is 96.9 Å². The number of nitrogens with one attached hydrogen (secondary N) is 1. The number of ether oxygens (including phenoxy) is 2. The number of hydrogen-bond acceptors (Lipinski definition) is 13.